The molecule has 4 rings (SSSR count). The van der Waals surface area contributed by atoms with E-state index >= 15 is 0 Å². The maximum absolute atomic E-state index is 13.3. The summed E-state index contributed by atoms with van der Waals surface area (Å²) in [7, 11) is 2.75. The number of nitrogens with zero attached hydrogens (tertiary/aromatic N) is 2. The molecule has 0 unspecified atom stereocenters. The molecular weight excluding hydrogens is 540 g/mol. The smallest absolute Gasteiger partial charge is 0.338 e. The van der Waals surface area contributed by atoms with Gasteiger partial charge in [0.1, 0.15) is 5.75 Å². The number of carbonyl (C=O) groups excluding carboxylic acids is 3. The van der Waals surface area contributed by atoms with Gasteiger partial charge in [-0.3, -0.25) is 14.5 Å². The van der Waals surface area contributed by atoms with Gasteiger partial charge in [0.25, 0.3) is 5.91 Å². The van der Waals surface area contributed by atoms with Crippen LogP contribution in [0.5, 0.6) is 5.75 Å². The summed E-state index contributed by atoms with van der Waals surface area (Å²) >= 11 is 7.29. The van der Waals surface area contributed by atoms with Gasteiger partial charge >= 0.3 is 5.97 Å². The first-order valence-corrected chi connectivity index (χ1v) is 13.8. The molecule has 0 fully saturated rings. The first kappa shape index (κ1) is 28.5. The highest BCUT2D eigenvalue weighted by Gasteiger charge is 2.25. The third-order valence-electron chi connectivity index (χ3n) is 6.51. The number of esters is 1. The number of amides is 2. The number of carbonyl (C=O) groups is 3. The topological polar surface area (TPSA) is 110 Å². The molecule has 0 bridgehead atoms. The predicted molar refractivity (Wildman–Crippen MR) is 152 cm³/mol. The Morgan fingerprint density at radius 3 is 2.54 bits per heavy atom. The van der Waals surface area contributed by atoms with Gasteiger partial charge in [-0.05, 0) is 56.7 Å². The number of methoxy groups -OCH3 is 2. The first-order valence-electron chi connectivity index (χ1n) is 12.6. The van der Waals surface area contributed by atoms with Gasteiger partial charge in [-0.2, -0.15) is 0 Å². The quantitative estimate of drug-likeness (QED) is 0.341. The Morgan fingerprint density at radius 2 is 1.87 bits per heavy atom. The van der Waals surface area contributed by atoms with E-state index in [1.54, 1.807) is 24.3 Å². The van der Waals surface area contributed by atoms with Crippen molar-refractivity contribution in [1.29, 1.82) is 0 Å². The standard InChI is InChI=1S/C28H31ClN4O5S/c1-16(2)33-12-11-21-24(15-33)39-27(32-21)26(35)31-22-13-17(28(36)38-4)14-23(37-3)20(22)9-10-25(34)30-19-7-5-18(29)6-8-19/h5-8,13-14,16H,9-12,15H2,1-4H3,(H,30,34)(H,31,35). The van der Waals surface area contributed by atoms with Gasteiger partial charge in [0.15, 0.2) is 5.01 Å². The molecule has 1 aliphatic rings. The Kier molecular flexibility index (Phi) is 9.21. The number of anilines is 2. The summed E-state index contributed by atoms with van der Waals surface area (Å²) in [4.78, 5) is 46.4. The summed E-state index contributed by atoms with van der Waals surface area (Å²) in [5, 5.41) is 6.65. The molecule has 11 heteroatoms. The number of hydrogen-bond donors (Lipinski definition) is 2. The zero-order chi connectivity index (χ0) is 28.1. The van der Waals surface area contributed by atoms with Crippen LogP contribution in [0.4, 0.5) is 11.4 Å². The van der Waals surface area contributed by atoms with Crippen LogP contribution in [0, 0.1) is 0 Å². The van der Waals surface area contributed by atoms with Crippen molar-refractivity contribution in [3.05, 3.63) is 68.1 Å². The fourth-order valence-corrected chi connectivity index (χ4v) is 5.51. The molecule has 0 spiro atoms. The highest BCUT2D eigenvalue weighted by molar-refractivity contribution is 7.13. The normalized spacial score (nSPS) is 13.1. The van der Waals surface area contributed by atoms with Gasteiger partial charge in [0.2, 0.25) is 5.91 Å². The van der Waals surface area contributed by atoms with Crippen molar-refractivity contribution in [2.75, 3.05) is 31.4 Å². The molecule has 39 heavy (non-hydrogen) atoms. The van der Waals surface area contributed by atoms with Gasteiger partial charge in [-0.25, -0.2) is 9.78 Å². The molecule has 0 saturated heterocycles. The highest BCUT2D eigenvalue weighted by atomic mass is 35.5. The molecule has 2 heterocycles. The Labute approximate surface area is 236 Å². The monoisotopic (exact) mass is 570 g/mol. The lowest BCUT2D eigenvalue weighted by Gasteiger charge is -2.29. The predicted octanol–water partition coefficient (Wildman–Crippen LogP) is 5.18. The number of halogens is 1. The molecule has 9 nitrogen and oxygen atoms in total. The zero-order valence-electron chi connectivity index (χ0n) is 22.3. The van der Waals surface area contributed by atoms with Crippen molar-refractivity contribution in [3.63, 3.8) is 0 Å². The minimum Gasteiger partial charge on any atom is -0.496 e. The Morgan fingerprint density at radius 1 is 1.13 bits per heavy atom. The summed E-state index contributed by atoms with van der Waals surface area (Å²) in [5.74, 6) is -0.828. The minimum atomic E-state index is -0.575. The number of aromatic nitrogens is 1. The number of fused-ring (bicyclic) bond motifs is 1. The summed E-state index contributed by atoms with van der Waals surface area (Å²) < 4.78 is 10.4. The summed E-state index contributed by atoms with van der Waals surface area (Å²) in [6.45, 7) is 5.96. The third kappa shape index (κ3) is 6.95. The lowest BCUT2D eigenvalue weighted by atomic mass is 10.0. The first-order chi connectivity index (χ1) is 18.7. The molecular formula is C28H31ClN4O5S. The molecule has 2 amide bonds. The number of thiazole rings is 1. The minimum absolute atomic E-state index is 0.107. The van der Waals surface area contributed by atoms with Gasteiger partial charge in [-0.15, -0.1) is 11.3 Å². The highest BCUT2D eigenvalue weighted by Crippen LogP contribution is 2.32. The molecule has 0 radical (unpaired) electrons. The number of hydrogen-bond acceptors (Lipinski definition) is 8. The van der Waals surface area contributed by atoms with Crippen LogP contribution in [0.3, 0.4) is 0 Å². The van der Waals surface area contributed by atoms with Crippen LogP contribution >= 0.6 is 22.9 Å². The van der Waals surface area contributed by atoms with Crippen LogP contribution in [0.2, 0.25) is 5.02 Å². The van der Waals surface area contributed by atoms with Gasteiger partial charge in [-0.1, -0.05) is 11.6 Å². The number of benzene rings is 2. The Balaban J connectivity index is 1.57. The fraction of sp³-hybridized carbons (Fsp3) is 0.357. The average molecular weight is 571 g/mol. The molecule has 1 aliphatic heterocycles. The Bertz CT molecular complexity index is 1370. The lowest BCUT2D eigenvalue weighted by Crippen LogP contribution is -2.35. The van der Waals surface area contributed by atoms with E-state index in [1.165, 1.54) is 37.7 Å². The van der Waals surface area contributed by atoms with E-state index in [4.69, 9.17) is 21.1 Å². The summed E-state index contributed by atoms with van der Waals surface area (Å²) in [6.07, 6.45) is 1.14. The maximum atomic E-state index is 13.3. The molecule has 1 aromatic heterocycles. The molecule has 0 aliphatic carbocycles. The number of ether oxygens (including phenoxy) is 2. The van der Waals surface area contributed by atoms with Crippen molar-refractivity contribution in [2.24, 2.45) is 0 Å². The van der Waals surface area contributed by atoms with E-state index in [9.17, 15) is 14.4 Å². The largest absolute Gasteiger partial charge is 0.496 e. The molecule has 206 valence electrons. The summed E-state index contributed by atoms with van der Waals surface area (Å²) in [6, 6.07) is 10.3. The average Bonchev–Trinajstić information content (AvgIpc) is 3.36. The zero-order valence-corrected chi connectivity index (χ0v) is 23.9. The van der Waals surface area contributed by atoms with Crippen molar-refractivity contribution in [3.8, 4) is 5.75 Å². The number of nitrogens with one attached hydrogen (secondary N) is 2. The number of rotatable bonds is 9. The molecule has 0 atom stereocenters. The van der Waals surface area contributed by atoms with Crippen molar-refractivity contribution in [1.82, 2.24) is 9.88 Å². The molecule has 2 aromatic carbocycles. The maximum Gasteiger partial charge on any atom is 0.338 e. The SMILES string of the molecule is COC(=O)c1cc(NC(=O)c2nc3c(s2)CN(C(C)C)CC3)c(CCC(=O)Nc2ccc(Cl)cc2)c(OC)c1. The van der Waals surface area contributed by atoms with E-state index in [0.29, 0.717) is 38.8 Å². The van der Waals surface area contributed by atoms with Gasteiger partial charge < -0.3 is 20.1 Å². The fourth-order valence-electron chi connectivity index (χ4n) is 4.36. The van der Waals surface area contributed by atoms with Crippen LogP contribution < -0.4 is 15.4 Å². The Hall–Kier alpha value is -3.47. The van der Waals surface area contributed by atoms with Gasteiger partial charge in [0, 0.05) is 58.8 Å². The second-order valence-electron chi connectivity index (χ2n) is 9.41. The molecule has 3 aromatic rings. The van der Waals surface area contributed by atoms with Crippen LogP contribution in [0.25, 0.3) is 0 Å². The van der Waals surface area contributed by atoms with E-state index in [-0.39, 0.29) is 30.2 Å². The van der Waals surface area contributed by atoms with Crippen molar-refractivity contribution >= 4 is 52.1 Å². The van der Waals surface area contributed by atoms with Crippen molar-refractivity contribution in [2.45, 2.75) is 45.7 Å². The van der Waals surface area contributed by atoms with Crippen LogP contribution in [0.15, 0.2) is 36.4 Å². The van der Waals surface area contributed by atoms with E-state index in [1.807, 2.05) is 0 Å². The second-order valence-corrected chi connectivity index (χ2v) is 10.9. The van der Waals surface area contributed by atoms with Crippen LogP contribution in [0.1, 0.15) is 56.6 Å². The second kappa shape index (κ2) is 12.6. The van der Waals surface area contributed by atoms with E-state index in [0.717, 1.165) is 30.1 Å². The van der Waals surface area contributed by atoms with Crippen LogP contribution in [-0.4, -0.2) is 54.5 Å². The molecule has 0 saturated carbocycles. The summed E-state index contributed by atoms with van der Waals surface area (Å²) in [5.41, 5.74) is 2.72. The lowest BCUT2D eigenvalue weighted by molar-refractivity contribution is -0.116. The third-order valence-corrected chi connectivity index (χ3v) is 7.85. The molecule has 2 N–H and O–H groups in total. The van der Waals surface area contributed by atoms with Crippen LogP contribution in [-0.2, 0) is 28.9 Å². The van der Waals surface area contributed by atoms with E-state index < -0.39 is 5.97 Å². The van der Waals surface area contributed by atoms with Crippen molar-refractivity contribution < 1.29 is 23.9 Å². The van der Waals surface area contributed by atoms with Gasteiger partial charge in [0.05, 0.1) is 25.5 Å². The van der Waals surface area contributed by atoms with E-state index in [2.05, 4.69) is 34.4 Å².